The average Bonchev–Trinajstić information content (AvgIpc) is 3.19. The molecule has 0 saturated heterocycles. The van der Waals surface area contributed by atoms with E-state index in [1.807, 2.05) is 6.08 Å². The van der Waals surface area contributed by atoms with Gasteiger partial charge in [-0.1, -0.05) is 165 Å². The zero-order valence-corrected chi connectivity index (χ0v) is 36.2. The Balaban J connectivity index is 4.56. The van der Waals surface area contributed by atoms with Crippen molar-refractivity contribution in [3.63, 3.8) is 0 Å². The first-order valence-electron chi connectivity index (χ1n) is 21.8. The molecular weight excluding hydrogens is 751 g/mol. The highest BCUT2D eigenvalue weighted by Crippen LogP contribution is 2.43. The lowest BCUT2D eigenvalue weighted by atomic mass is 10.0. The van der Waals surface area contributed by atoms with Crippen LogP contribution in [0.5, 0.6) is 0 Å². The van der Waals surface area contributed by atoms with Crippen molar-refractivity contribution in [1.29, 1.82) is 0 Å². The third-order valence-electron chi connectivity index (χ3n) is 9.18. The minimum atomic E-state index is -4.69. The van der Waals surface area contributed by atoms with Gasteiger partial charge in [0, 0.05) is 12.8 Å². The highest BCUT2D eigenvalue weighted by Gasteiger charge is 2.27. The smallest absolute Gasteiger partial charge is 0.462 e. The molecule has 0 aromatic heterocycles. The third kappa shape index (κ3) is 39.1. The lowest BCUT2D eigenvalue weighted by Gasteiger charge is -2.20. The summed E-state index contributed by atoms with van der Waals surface area (Å²) in [6.45, 7) is 2.04. The van der Waals surface area contributed by atoms with Crippen LogP contribution >= 0.6 is 7.82 Å². The maximum atomic E-state index is 12.6. The number of hydrogen-bond acceptors (Lipinski definition) is 11. The van der Waals surface area contributed by atoms with Gasteiger partial charge in [0.05, 0.1) is 32.0 Å². The van der Waals surface area contributed by atoms with Crippen molar-refractivity contribution < 1.29 is 58.0 Å². The normalized spacial score (nSPS) is 15.4. The molecule has 5 N–H and O–H groups in total. The van der Waals surface area contributed by atoms with Crippen LogP contribution in [0.25, 0.3) is 0 Å². The molecule has 0 aromatic rings. The quantitative estimate of drug-likeness (QED) is 0.0130. The second kappa shape index (κ2) is 39.3. The SMILES string of the molecule is CCCCC/C=C\C[C@H](O)/C=C/C=C/C=C\[C@H](O)CCCC(=O)O[C@H](COC(=O)CCCCCCCCCCCCCCCCC)COP(=O)(O)OC[C@@H](O)CO. The highest BCUT2D eigenvalue weighted by atomic mass is 31.2. The molecule has 0 radical (unpaired) electrons. The van der Waals surface area contributed by atoms with E-state index < -0.39 is 70.6 Å². The third-order valence-corrected chi connectivity index (χ3v) is 10.1. The maximum Gasteiger partial charge on any atom is 0.472 e. The van der Waals surface area contributed by atoms with Gasteiger partial charge in [0.2, 0.25) is 0 Å². The van der Waals surface area contributed by atoms with Crippen molar-refractivity contribution in [3.05, 3.63) is 48.6 Å². The van der Waals surface area contributed by atoms with Gasteiger partial charge in [-0.05, 0) is 38.5 Å². The number of carbonyl (C=O) groups is 2. The summed E-state index contributed by atoms with van der Waals surface area (Å²) in [7, 11) is -4.69. The first kappa shape index (κ1) is 54.9. The Hall–Kier alpha value is -2.15. The van der Waals surface area contributed by atoms with E-state index in [9.17, 15) is 34.4 Å². The largest absolute Gasteiger partial charge is 0.472 e. The molecule has 1 unspecified atom stereocenters. The summed E-state index contributed by atoms with van der Waals surface area (Å²) in [5.41, 5.74) is 0. The zero-order chi connectivity index (χ0) is 42.2. The first-order chi connectivity index (χ1) is 27.5. The molecule has 57 heavy (non-hydrogen) atoms. The number of carbonyl (C=O) groups excluding carboxylic acids is 2. The molecule has 5 atom stereocenters. The topological polar surface area (TPSA) is 189 Å². The maximum absolute atomic E-state index is 12.6. The van der Waals surface area contributed by atoms with Gasteiger partial charge in [-0.3, -0.25) is 18.6 Å². The number of allylic oxidation sites excluding steroid dienone is 5. The van der Waals surface area contributed by atoms with Gasteiger partial charge in [0.15, 0.2) is 6.10 Å². The number of ether oxygens (including phenoxy) is 2. The number of hydrogen-bond donors (Lipinski definition) is 5. The van der Waals surface area contributed by atoms with Gasteiger partial charge in [-0.15, -0.1) is 0 Å². The number of aliphatic hydroxyl groups is 4. The van der Waals surface area contributed by atoms with E-state index >= 15 is 0 Å². The van der Waals surface area contributed by atoms with Crippen LogP contribution in [0.2, 0.25) is 0 Å². The number of unbranched alkanes of at least 4 members (excludes halogenated alkanes) is 17. The van der Waals surface area contributed by atoms with Crippen molar-refractivity contribution in [2.75, 3.05) is 26.4 Å². The molecule has 0 rings (SSSR count). The van der Waals surface area contributed by atoms with Gasteiger partial charge < -0.3 is 34.8 Å². The van der Waals surface area contributed by atoms with E-state index in [2.05, 4.69) is 24.4 Å². The number of aliphatic hydroxyl groups excluding tert-OH is 4. The molecule has 0 spiro atoms. The van der Waals surface area contributed by atoms with Gasteiger partial charge in [0.1, 0.15) is 12.7 Å². The van der Waals surface area contributed by atoms with E-state index in [0.29, 0.717) is 12.8 Å². The van der Waals surface area contributed by atoms with Crippen LogP contribution in [-0.4, -0.2) is 88.1 Å². The monoisotopic (exact) mass is 831 g/mol. The molecule has 0 aromatic carbocycles. The molecule has 0 aliphatic rings. The number of rotatable bonds is 40. The molecule has 0 saturated carbocycles. The summed E-state index contributed by atoms with van der Waals surface area (Å²) in [5, 5.41) is 38.6. The van der Waals surface area contributed by atoms with Crippen molar-refractivity contribution in [3.8, 4) is 0 Å². The average molecular weight is 831 g/mol. The lowest BCUT2D eigenvalue weighted by molar-refractivity contribution is -0.161. The molecule has 0 fully saturated rings. The van der Waals surface area contributed by atoms with Crippen molar-refractivity contribution in [2.24, 2.45) is 0 Å². The van der Waals surface area contributed by atoms with E-state index in [0.717, 1.165) is 32.1 Å². The minimum absolute atomic E-state index is 0.0754. The molecular formula is C44H79O12P. The fourth-order valence-corrected chi connectivity index (χ4v) is 6.51. The number of phosphoric ester groups is 1. The van der Waals surface area contributed by atoms with E-state index in [4.69, 9.17) is 19.1 Å². The van der Waals surface area contributed by atoms with E-state index in [1.54, 1.807) is 36.5 Å². The predicted octanol–water partition coefficient (Wildman–Crippen LogP) is 9.28. The fraction of sp³-hybridized carbons (Fsp3) is 0.773. The minimum Gasteiger partial charge on any atom is -0.462 e. The van der Waals surface area contributed by atoms with Crippen LogP contribution < -0.4 is 0 Å². The zero-order valence-electron chi connectivity index (χ0n) is 35.3. The standard InChI is InChI=1S/C44H79O12P/c1-3-5-7-9-11-12-13-14-15-16-17-18-19-21-27-33-43(49)53-37-42(38-55-57(51,52)54-36-41(48)35-45)56-44(50)34-28-32-40(47)31-26-23-22-25-30-39(46)29-24-20-10-8-6-4-2/h20,22-26,30-31,39-42,45-48H,3-19,21,27-29,32-38H2,1-2H3,(H,51,52)/b23-22+,24-20-,30-25+,31-26-/t39-,40-,41-,42+/m0/s1. The van der Waals surface area contributed by atoms with Crippen LogP contribution in [0.3, 0.4) is 0 Å². The molecule has 332 valence electrons. The molecule has 0 aliphatic carbocycles. The molecule has 12 nitrogen and oxygen atoms in total. The second-order valence-corrected chi connectivity index (χ2v) is 16.2. The molecule has 13 heteroatoms. The summed E-state index contributed by atoms with van der Waals surface area (Å²) in [6.07, 6.45) is 34.2. The van der Waals surface area contributed by atoms with Crippen molar-refractivity contribution >= 4 is 19.8 Å². The fourth-order valence-electron chi connectivity index (χ4n) is 5.72. The second-order valence-electron chi connectivity index (χ2n) is 14.8. The van der Waals surface area contributed by atoms with Crippen LogP contribution in [-0.2, 0) is 32.7 Å². The van der Waals surface area contributed by atoms with Crippen LogP contribution in [0.15, 0.2) is 48.6 Å². The van der Waals surface area contributed by atoms with Gasteiger partial charge in [-0.25, -0.2) is 4.57 Å². The summed E-state index contributed by atoms with van der Waals surface area (Å²) in [4.78, 5) is 35.0. The Morgan fingerprint density at radius 3 is 1.68 bits per heavy atom. The highest BCUT2D eigenvalue weighted by molar-refractivity contribution is 7.47. The molecule has 0 heterocycles. The van der Waals surface area contributed by atoms with Crippen molar-refractivity contribution in [1.82, 2.24) is 0 Å². The summed E-state index contributed by atoms with van der Waals surface area (Å²) >= 11 is 0. The van der Waals surface area contributed by atoms with Crippen LogP contribution in [0.1, 0.15) is 168 Å². The Bertz CT molecular complexity index is 1120. The molecule has 0 bridgehead atoms. The van der Waals surface area contributed by atoms with Crippen LogP contribution in [0, 0.1) is 0 Å². The van der Waals surface area contributed by atoms with Gasteiger partial charge in [-0.2, -0.15) is 0 Å². The van der Waals surface area contributed by atoms with Gasteiger partial charge >= 0.3 is 19.8 Å². The molecule has 0 aliphatic heterocycles. The van der Waals surface area contributed by atoms with E-state index in [-0.39, 0.29) is 25.7 Å². The number of esters is 2. The van der Waals surface area contributed by atoms with Gasteiger partial charge in [0.25, 0.3) is 0 Å². The Morgan fingerprint density at radius 1 is 0.596 bits per heavy atom. The molecule has 0 amide bonds. The Kier molecular flexibility index (Phi) is 37.8. The Morgan fingerprint density at radius 2 is 1.11 bits per heavy atom. The summed E-state index contributed by atoms with van der Waals surface area (Å²) in [6, 6.07) is 0. The van der Waals surface area contributed by atoms with Crippen LogP contribution in [0.4, 0.5) is 0 Å². The summed E-state index contributed by atoms with van der Waals surface area (Å²) in [5.74, 6) is -1.16. The predicted molar refractivity (Wildman–Crippen MR) is 226 cm³/mol. The number of phosphoric acid groups is 1. The Labute approximate surface area is 344 Å². The first-order valence-corrected chi connectivity index (χ1v) is 23.3. The van der Waals surface area contributed by atoms with Crippen molar-refractivity contribution in [2.45, 2.75) is 192 Å². The summed E-state index contributed by atoms with van der Waals surface area (Å²) < 4.78 is 32.5. The van der Waals surface area contributed by atoms with E-state index in [1.165, 1.54) is 83.5 Å². The lowest BCUT2D eigenvalue weighted by Crippen LogP contribution is -2.30.